The Bertz CT molecular complexity index is 887. The molecule has 0 saturated heterocycles. The summed E-state index contributed by atoms with van der Waals surface area (Å²) in [5, 5.41) is 11.9. The highest BCUT2D eigenvalue weighted by Gasteiger charge is 2.29. The van der Waals surface area contributed by atoms with Gasteiger partial charge in [-0.3, -0.25) is 0 Å². The molecule has 0 aromatic heterocycles. The molecule has 2 aromatic rings. The monoisotopic (exact) mass is 385 g/mol. The third kappa shape index (κ3) is 5.21. The number of nitrogens with one attached hydrogen (secondary N) is 2. The zero-order valence-corrected chi connectivity index (χ0v) is 15.2. The predicted octanol–water partition coefficient (Wildman–Crippen LogP) is 4.25. The molecule has 9 heteroatoms. The lowest BCUT2D eigenvalue weighted by Gasteiger charge is -2.11. The summed E-state index contributed by atoms with van der Waals surface area (Å²) in [5.74, 6) is 0. The zero-order chi connectivity index (χ0) is 20.0. The van der Waals surface area contributed by atoms with Crippen LogP contribution in [0.25, 0.3) is 0 Å². The summed E-state index contributed by atoms with van der Waals surface area (Å²) < 4.78 is 63.2. The molecular formula is C17H18F3N3O2S. The number of rotatable bonds is 4. The molecule has 0 bridgehead atoms. The van der Waals surface area contributed by atoms with Crippen LogP contribution in [0, 0.1) is 11.3 Å². The van der Waals surface area contributed by atoms with Gasteiger partial charge < -0.3 is 5.32 Å². The minimum Gasteiger partial charge on any atom is -0.354 e. The van der Waals surface area contributed by atoms with Gasteiger partial charge in [0.05, 0.1) is 21.7 Å². The molecule has 0 saturated carbocycles. The van der Waals surface area contributed by atoms with Gasteiger partial charge in [-0.1, -0.05) is 13.8 Å². The van der Waals surface area contributed by atoms with E-state index < -0.39 is 21.8 Å². The SMILES string of the molecule is CC.CNS(=O)(=O)c1ccc(Nc2ccc(C(F)(F)F)cc2)c(C#N)c1. The Kier molecular flexibility index (Phi) is 7.18. The van der Waals surface area contributed by atoms with Crippen molar-refractivity contribution in [3.05, 3.63) is 53.6 Å². The summed E-state index contributed by atoms with van der Waals surface area (Å²) in [7, 11) is -2.45. The zero-order valence-electron chi connectivity index (χ0n) is 14.3. The molecule has 2 aromatic carbocycles. The van der Waals surface area contributed by atoms with Gasteiger partial charge in [0.1, 0.15) is 6.07 Å². The van der Waals surface area contributed by atoms with Crippen molar-refractivity contribution >= 4 is 21.4 Å². The molecule has 0 spiro atoms. The van der Waals surface area contributed by atoms with E-state index in [0.717, 1.165) is 12.1 Å². The van der Waals surface area contributed by atoms with E-state index >= 15 is 0 Å². The van der Waals surface area contributed by atoms with Crippen molar-refractivity contribution in [2.75, 3.05) is 12.4 Å². The number of halogens is 3. The van der Waals surface area contributed by atoms with Crippen LogP contribution in [0.15, 0.2) is 47.4 Å². The fourth-order valence-electron chi connectivity index (χ4n) is 1.91. The first-order valence-corrected chi connectivity index (χ1v) is 9.07. The van der Waals surface area contributed by atoms with E-state index in [2.05, 4.69) is 10.0 Å². The number of nitriles is 1. The van der Waals surface area contributed by atoms with Gasteiger partial charge in [0.2, 0.25) is 10.0 Å². The standard InChI is InChI=1S/C15H12F3N3O2S.C2H6/c1-20-24(22,23)13-6-7-14(10(8-13)9-19)21-12-4-2-11(3-5-12)15(16,17)18;1-2/h2-8,20-21H,1H3;1-2H3. The molecule has 5 nitrogen and oxygen atoms in total. The Balaban J connectivity index is 0.00000163. The lowest BCUT2D eigenvalue weighted by molar-refractivity contribution is -0.137. The van der Waals surface area contributed by atoms with Gasteiger partial charge in [0.15, 0.2) is 0 Å². The quantitative estimate of drug-likeness (QED) is 0.824. The van der Waals surface area contributed by atoms with Gasteiger partial charge in [-0.25, -0.2) is 13.1 Å². The topological polar surface area (TPSA) is 82.0 Å². The maximum absolute atomic E-state index is 12.5. The van der Waals surface area contributed by atoms with E-state index in [0.29, 0.717) is 5.69 Å². The average Bonchev–Trinajstić information content (AvgIpc) is 2.63. The van der Waals surface area contributed by atoms with Crippen LogP contribution in [0.3, 0.4) is 0 Å². The van der Waals surface area contributed by atoms with Gasteiger partial charge in [0, 0.05) is 5.69 Å². The molecule has 0 heterocycles. The Hall–Kier alpha value is -2.57. The van der Waals surface area contributed by atoms with E-state index in [9.17, 15) is 21.6 Å². The Morgan fingerprint density at radius 3 is 2.08 bits per heavy atom. The van der Waals surface area contributed by atoms with Crippen LogP contribution in [0.4, 0.5) is 24.5 Å². The van der Waals surface area contributed by atoms with Gasteiger partial charge in [0.25, 0.3) is 0 Å². The molecule has 0 radical (unpaired) electrons. The molecular weight excluding hydrogens is 367 g/mol. The van der Waals surface area contributed by atoms with E-state index in [-0.39, 0.29) is 16.1 Å². The molecule has 2 rings (SSSR count). The first-order valence-electron chi connectivity index (χ1n) is 7.59. The van der Waals surface area contributed by atoms with Crippen LogP contribution in [0.1, 0.15) is 25.0 Å². The number of hydrogen-bond donors (Lipinski definition) is 2. The van der Waals surface area contributed by atoms with Crippen molar-refractivity contribution in [3.63, 3.8) is 0 Å². The van der Waals surface area contributed by atoms with Gasteiger partial charge in [-0.15, -0.1) is 0 Å². The van der Waals surface area contributed by atoms with Gasteiger partial charge >= 0.3 is 6.18 Å². The predicted molar refractivity (Wildman–Crippen MR) is 93.5 cm³/mol. The van der Waals surface area contributed by atoms with Crippen molar-refractivity contribution in [2.24, 2.45) is 0 Å². The van der Waals surface area contributed by atoms with Crippen molar-refractivity contribution in [1.82, 2.24) is 4.72 Å². The largest absolute Gasteiger partial charge is 0.416 e. The number of sulfonamides is 1. The first kappa shape index (κ1) is 21.5. The van der Waals surface area contributed by atoms with Crippen molar-refractivity contribution in [3.8, 4) is 6.07 Å². The third-order valence-corrected chi connectivity index (χ3v) is 4.59. The van der Waals surface area contributed by atoms with E-state index in [4.69, 9.17) is 5.26 Å². The highest BCUT2D eigenvalue weighted by Crippen LogP contribution is 2.31. The Labute approximate surface area is 150 Å². The summed E-state index contributed by atoms with van der Waals surface area (Å²) in [6.45, 7) is 4.00. The number of hydrogen-bond acceptors (Lipinski definition) is 4. The van der Waals surface area contributed by atoms with Crippen LogP contribution in [0.5, 0.6) is 0 Å². The summed E-state index contributed by atoms with van der Waals surface area (Å²) in [6, 6.07) is 9.97. The summed E-state index contributed by atoms with van der Waals surface area (Å²) >= 11 is 0. The molecule has 0 atom stereocenters. The van der Waals surface area contributed by atoms with Gasteiger partial charge in [-0.05, 0) is 49.5 Å². The minimum atomic E-state index is -4.43. The van der Waals surface area contributed by atoms with Crippen LogP contribution < -0.4 is 10.0 Å². The van der Waals surface area contributed by atoms with Crippen LogP contribution in [-0.4, -0.2) is 15.5 Å². The van der Waals surface area contributed by atoms with E-state index in [1.54, 1.807) is 0 Å². The fourth-order valence-corrected chi connectivity index (χ4v) is 2.66. The maximum Gasteiger partial charge on any atom is 0.416 e. The Morgan fingerprint density at radius 2 is 1.62 bits per heavy atom. The second-order valence-electron chi connectivity index (χ2n) is 4.73. The maximum atomic E-state index is 12.5. The van der Waals surface area contributed by atoms with Crippen LogP contribution in [0.2, 0.25) is 0 Å². The molecule has 0 aliphatic heterocycles. The molecule has 0 unspecified atom stereocenters. The Morgan fingerprint density at radius 1 is 1.04 bits per heavy atom. The average molecular weight is 385 g/mol. The molecule has 2 N–H and O–H groups in total. The van der Waals surface area contributed by atoms with E-state index in [1.807, 2.05) is 19.9 Å². The summed E-state index contributed by atoms with van der Waals surface area (Å²) in [5.41, 5.74) is -0.119. The molecule has 0 aliphatic rings. The number of benzene rings is 2. The fraction of sp³-hybridized carbons (Fsp3) is 0.235. The van der Waals surface area contributed by atoms with E-state index in [1.165, 1.54) is 37.4 Å². The molecule has 140 valence electrons. The summed E-state index contributed by atoms with van der Waals surface area (Å²) in [6.07, 6.45) is -4.43. The lowest BCUT2D eigenvalue weighted by Crippen LogP contribution is -2.18. The minimum absolute atomic E-state index is 0.0474. The van der Waals surface area contributed by atoms with Crippen molar-refractivity contribution < 1.29 is 21.6 Å². The van der Waals surface area contributed by atoms with Crippen LogP contribution in [-0.2, 0) is 16.2 Å². The van der Waals surface area contributed by atoms with Crippen LogP contribution >= 0.6 is 0 Å². The highest BCUT2D eigenvalue weighted by atomic mass is 32.2. The normalized spacial score (nSPS) is 11.1. The highest BCUT2D eigenvalue weighted by molar-refractivity contribution is 7.89. The molecule has 0 aliphatic carbocycles. The van der Waals surface area contributed by atoms with Crippen molar-refractivity contribution in [1.29, 1.82) is 5.26 Å². The smallest absolute Gasteiger partial charge is 0.354 e. The number of alkyl halides is 3. The molecule has 0 amide bonds. The first-order chi connectivity index (χ1) is 12.2. The number of nitrogens with zero attached hydrogens (tertiary/aromatic N) is 1. The second-order valence-corrected chi connectivity index (χ2v) is 6.61. The summed E-state index contributed by atoms with van der Waals surface area (Å²) in [4.78, 5) is -0.0838. The lowest BCUT2D eigenvalue weighted by atomic mass is 10.1. The molecule has 26 heavy (non-hydrogen) atoms. The van der Waals surface area contributed by atoms with Gasteiger partial charge in [-0.2, -0.15) is 18.4 Å². The third-order valence-electron chi connectivity index (χ3n) is 3.18. The van der Waals surface area contributed by atoms with Crippen molar-refractivity contribution in [2.45, 2.75) is 24.9 Å². The molecule has 0 fully saturated rings. The second kappa shape index (κ2) is 8.69. The number of anilines is 2.